The summed E-state index contributed by atoms with van der Waals surface area (Å²) >= 11 is 0. The minimum atomic E-state index is -2.16. The topological polar surface area (TPSA) is 0 Å². The summed E-state index contributed by atoms with van der Waals surface area (Å²) in [4.78, 5) is 0. The van der Waals surface area contributed by atoms with E-state index in [4.69, 9.17) is 21.4 Å². The quantitative estimate of drug-likeness (QED) is 0.455. The van der Waals surface area contributed by atoms with Crippen molar-refractivity contribution in [3.05, 3.63) is 0 Å². The Bertz CT molecular complexity index is 89.2. The first-order valence-corrected chi connectivity index (χ1v) is 6.09. The molecule has 0 aliphatic heterocycles. The average molecular weight is 145 g/mol. The summed E-state index contributed by atoms with van der Waals surface area (Å²) in [6, 6.07) is 0. The van der Waals surface area contributed by atoms with Gasteiger partial charge in [0.15, 0.2) is 0 Å². The van der Waals surface area contributed by atoms with E-state index in [-0.39, 0.29) is 0 Å². The minimum absolute atomic E-state index is 1.74. The molecule has 0 atom stereocenters. The van der Waals surface area contributed by atoms with Gasteiger partial charge in [0.1, 0.15) is 0 Å². The van der Waals surface area contributed by atoms with Crippen LogP contribution in [0.4, 0.5) is 0 Å². The van der Waals surface area contributed by atoms with E-state index >= 15 is 0 Å². The van der Waals surface area contributed by atoms with Crippen LogP contribution in [-0.4, -0.2) is 19.2 Å². The predicted octanol–water partition coefficient (Wildman–Crippen LogP) is 1.71. The maximum absolute atomic E-state index is 5.55. The molecule has 0 aromatic heterocycles. The van der Waals surface area contributed by atoms with Crippen LogP contribution in [-0.2, 0) is 0 Å². The first kappa shape index (κ1) is 6.99. The molecular formula is C2H7BCl2S. The first-order chi connectivity index (χ1) is 2.24. The molecule has 6 heavy (non-hydrogen) atoms. The molecule has 0 N–H and O–H groups in total. The molecule has 0 saturated heterocycles. The summed E-state index contributed by atoms with van der Waals surface area (Å²) < 4.78 is 0. The summed E-state index contributed by atoms with van der Waals surface area (Å²) in [6.45, 7) is 3.54. The fourth-order valence-electron chi connectivity index (χ4n) is 0. The van der Waals surface area contributed by atoms with E-state index in [1.165, 1.54) is 0 Å². The van der Waals surface area contributed by atoms with Gasteiger partial charge in [-0.1, -0.05) is 0 Å². The van der Waals surface area contributed by atoms with Crippen molar-refractivity contribution >= 4 is 35.1 Å². The van der Waals surface area contributed by atoms with Crippen molar-refractivity contribution in [3.8, 4) is 0 Å². The van der Waals surface area contributed by atoms with Gasteiger partial charge >= 0.3 is 47.6 Å². The van der Waals surface area contributed by atoms with Gasteiger partial charge in [-0.25, -0.2) is 0 Å². The second-order valence-corrected chi connectivity index (χ2v) is 12.1. The van der Waals surface area contributed by atoms with Crippen molar-refractivity contribution in [1.82, 2.24) is 0 Å². The number of hydrogen-bond donors (Lipinski definition) is 0. The van der Waals surface area contributed by atoms with Gasteiger partial charge < -0.3 is 0 Å². The first-order valence-electron chi connectivity index (χ1n) is 1.41. The van der Waals surface area contributed by atoms with E-state index in [1.807, 2.05) is 0 Å². The average Bonchev–Trinajstić information content (AvgIpc) is 0.650. The molecule has 0 nitrogen and oxygen atoms in total. The third-order valence-electron chi connectivity index (χ3n) is 0. The Labute approximate surface area is 48.0 Å². The third-order valence-corrected chi connectivity index (χ3v) is 0. The van der Waals surface area contributed by atoms with Gasteiger partial charge in [-0.05, 0) is 0 Å². The molecular weight excluding hydrogens is 138 g/mol. The van der Waals surface area contributed by atoms with Gasteiger partial charge in [0.25, 0.3) is 0 Å². The standard InChI is InChI=1S/C2H7BCl2S/c1-6(2,3,4)5/h3H,1-2H3. The van der Waals surface area contributed by atoms with Crippen LogP contribution in [0.3, 0.4) is 0 Å². The van der Waals surface area contributed by atoms with Crippen molar-refractivity contribution in [1.29, 1.82) is 0 Å². The van der Waals surface area contributed by atoms with Gasteiger partial charge in [0.2, 0.25) is 0 Å². The Morgan fingerprint density at radius 2 is 1.33 bits per heavy atom. The van der Waals surface area contributed by atoms with E-state index in [0.717, 1.165) is 0 Å². The molecule has 38 valence electrons. The normalized spacial score (nSPS) is 18.8. The molecule has 0 aliphatic carbocycles. The molecule has 0 heterocycles. The van der Waals surface area contributed by atoms with Crippen molar-refractivity contribution in [2.24, 2.45) is 0 Å². The zero-order valence-electron chi connectivity index (χ0n) is 3.87. The van der Waals surface area contributed by atoms with E-state index in [1.54, 1.807) is 12.5 Å². The van der Waals surface area contributed by atoms with Crippen LogP contribution in [0.2, 0.25) is 0 Å². The number of rotatable bonds is 0. The van der Waals surface area contributed by atoms with Crippen molar-refractivity contribution in [2.45, 2.75) is 0 Å². The molecule has 0 aromatic carbocycles. The fourth-order valence-corrected chi connectivity index (χ4v) is 0. The zero-order chi connectivity index (χ0) is 5.45. The van der Waals surface area contributed by atoms with Gasteiger partial charge in [-0.3, -0.25) is 0 Å². The maximum atomic E-state index is 5.55. The number of hydrogen-bond acceptors (Lipinski definition) is 0. The molecule has 0 rings (SSSR count). The van der Waals surface area contributed by atoms with Gasteiger partial charge in [0, 0.05) is 0 Å². The molecule has 0 radical (unpaired) electrons. The summed E-state index contributed by atoms with van der Waals surface area (Å²) in [6.07, 6.45) is 3.47. The van der Waals surface area contributed by atoms with E-state index in [9.17, 15) is 0 Å². The molecule has 0 bridgehead atoms. The molecule has 0 unspecified atom stereocenters. The van der Waals surface area contributed by atoms with Crippen LogP contribution in [0.15, 0.2) is 0 Å². The van der Waals surface area contributed by atoms with Crippen molar-refractivity contribution in [3.63, 3.8) is 0 Å². The molecule has 4 heteroatoms. The van der Waals surface area contributed by atoms with Crippen LogP contribution >= 0.6 is 28.4 Å². The second-order valence-electron chi connectivity index (χ2n) is 1.88. The summed E-state index contributed by atoms with van der Waals surface area (Å²) in [5, 5.41) is 0. The molecule has 0 amide bonds. The van der Waals surface area contributed by atoms with E-state index in [2.05, 4.69) is 6.72 Å². The monoisotopic (exact) mass is 144 g/mol. The van der Waals surface area contributed by atoms with E-state index in [0.29, 0.717) is 0 Å². The molecule has 0 fully saturated rings. The van der Waals surface area contributed by atoms with Gasteiger partial charge in [0.05, 0.1) is 0 Å². The Balaban J connectivity index is 4.16. The number of halogens is 2. The van der Waals surface area contributed by atoms with Crippen LogP contribution in [0.5, 0.6) is 0 Å². The SMILES string of the molecule is B=S(C)(C)(Cl)Cl. The molecule has 0 aliphatic rings. The Kier molecular flexibility index (Phi) is 1.44. The Morgan fingerprint density at radius 1 is 1.33 bits per heavy atom. The summed E-state index contributed by atoms with van der Waals surface area (Å²) in [5.74, 6) is 0. The van der Waals surface area contributed by atoms with E-state index < -0.39 is 7.01 Å². The molecule has 0 spiro atoms. The van der Waals surface area contributed by atoms with Crippen molar-refractivity contribution in [2.75, 3.05) is 12.5 Å². The predicted molar refractivity (Wildman–Crippen MR) is 38.3 cm³/mol. The Morgan fingerprint density at radius 3 is 1.33 bits per heavy atom. The van der Waals surface area contributed by atoms with Crippen LogP contribution in [0.25, 0.3) is 0 Å². The Hall–Kier alpha value is 0.995. The zero-order valence-corrected chi connectivity index (χ0v) is 6.20. The fraction of sp³-hybridized carbons (Fsp3) is 1.00. The van der Waals surface area contributed by atoms with Crippen molar-refractivity contribution < 1.29 is 0 Å². The summed E-state index contributed by atoms with van der Waals surface area (Å²) in [7, 11) is 8.94. The van der Waals surface area contributed by atoms with Gasteiger partial charge in [-0.2, -0.15) is 0 Å². The van der Waals surface area contributed by atoms with Gasteiger partial charge in [-0.15, -0.1) is 0 Å². The van der Waals surface area contributed by atoms with Crippen LogP contribution in [0, 0.1) is 0 Å². The van der Waals surface area contributed by atoms with Crippen LogP contribution < -0.4 is 0 Å². The molecule has 0 aromatic rings. The van der Waals surface area contributed by atoms with Crippen LogP contribution in [0.1, 0.15) is 0 Å². The summed E-state index contributed by atoms with van der Waals surface area (Å²) in [5.41, 5.74) is 0. The molecule has 0 saturated carbocycles. The second kappa shape index (κ2) is 1.24. The third kappa shape index (κ3) is 80.5.